The van der Waals surface area contributed by atoms with Gasteiger partial charge in [-0.1, -0.05) is 31.5 Å². The van der Waals surface area contributed by atoms with Gasteiger partial charge in [0.25, 0.3) is 0 Å². The molecule has 5 heteroatoms. The first-order valence-corrected chi connectivity index (χ1v) is 7.58. The molecular formula is C17H30IN3O. The largest absolute Gasteiger partial charge is 0.496 e. The second-order valence-electron chi connectivity index (χ2n) is 5.74. The van der Waals surface area contributed by atoms with Gasteiger partial charge in [-0.2, -0.15) is 0 Å². The zero-order valence-corrected chi connectivity index (χ0v) is 16.9. The minimum atomic E-state index is 0. The SMILES string of the molecule is CN=C(NCCc1cc(C)ccc1OC)NC(C)C(C)C.I. The minimum Gasteiger partial charge on any atom is -0.496 e. The van der Waals surface area contributed by atoms with Crippen molar-refractivity contribution in [2.45, 2.75) is 40.2 Å². The van der Waals surface area contributed by atoms with Crippen LogP contribution in [0.4, 0.5) is 0 Å². The quantitative estimate of drug-likeness (QED) is 0.422. The van der Waals surface area contributed by atoms with Crippen molar-refractivity contribution in [2.75, 3.05) is 20.7 Å². The number of guanidine groups is 1. The number of aliphatic imine (C=N–C) groups is 1. The Labute approximate surface area is 152 Å². The van der Waals surface area contributed by atoms with Crippen molar-refractivity contribution in [1.29, 1.82) is 0 Å². The number of hydrogen-bond acceptors (Lipinski definition) is 2. The van der Waals surface area contributed by atoms with E-state index in [2.05, 4.69) is 55.5 Å². The second kappa shape index (κ2) is 10.7. The van der Waals surface area contributed by atoms with Gasteiger partial charge < -0.3 is 15.4 Å². The fourth-order valence-electron chi connectivity index (χ4n) is 2.00. The molecule has 0 aromatic heterocycles. The Morgan fingerprint density at radius 1 is 1.27 bits per heavy atom. The second-order valence-corrected chi connectivity index (χ2v) is 5.74. The number of aryl methyl sites for hydroxylation is 1. The highest BCUT2D eigenvalue weighted by Crippen LogP contribution is 2.19. The van der Waals surface area contributed by atoms with E-state index in [-0.39, 0.29) is 24.0 Å². The Morgan fingerprint density at radius 2 is 1.95 bits per heavy atom. The summed E-state index contributed by atoms with van der Waals surface area (Å²) in [5.74, 6) is 2.36. The standard InChI is InChI=1S/C17H29N3O.HI/c1-12(2)14(4)20-17(18-5)19-10-9-15-11-13(3)7-8-16(15)21-6;/h7-8,11-12,14H,9-10H2,1-6H3,(H2,18,19,20);1H. The smallest absolute Gasteiger partial charge is 0.191 e. The van der Waals surface area contributed by atoms with Gasteiger partial charge in [0.15, 0.2) is 5.96 Å². The van der Waals surface area contributed by atoms with Crippen LogP contribution in [0.3, 0.4) is 0 Å². The molecular weight excluding hydrogens is 389 g/mol. The van der Waals surface area contributed by atoms with E-state index in [0.717, 1.165) is 24.7 Å². The molecule has 0 amide bonds. The summed E-state index contributed by atoms with van der Waals surface area (Å²) in [5, 5.41) is 6.76. The van der Waals surface area contributed by atoms with Crippen LogP contribution >= 0.6 is 24.0 Å². The van der Waals surface area contributed by atoms with Crippen molar-refractivity contribution in [2.24, 2.45) is 10.9 Å². The number of nitrogens with one attached hydrogen (secondary N) is 2. The molecule has 1 unspecified atom stereocenters. The van der Waals surface area contributed by atoms with Crippen LogP contribution in [-0.2, 0) is 6.42 Å². The highest BCUT2D eigenvalue weighted by Gasteiger charge is 2.09. The number of nitrogens with zero attached hydrogens (tertiary/aromatic N) is 1. The summed E-state index contributed by atoms with van der Waals surface area (Å²) in [7, 11) is 3.52. The molecule has 2 N–H and O–H groups in total. The van der Waals surface area contributed by atoms with Gasteiger partial charge in [0.05, 0.1) is 7.11 Å². The normalized spacial score (nSPS) is 12.6. The van der Waals surface area contributed by atoms with E-state index in [1.54, 1.807) is 14.2 Å². The van der Waals surface area contributed by atoms with Crippen LogP contribution in [0.25, 0.3) is 0 Å². The average Bonchev–Trinajstić information content (AvgIpc) is 2.46. The molecule has 0 aliphatic heterocycles. The molecule has 1 aromatic carbocycles. The van der Waals surface area contributed by atoms with Crippen LogP contribution in [0, 0.1) is 12.8 Å². The van der Waals surface area contributed by atoms with Gasteiger partial charge in [0.1, 0.15) is 5.75 Å². The first-order chi connectivity index (χ1) is 9.97. The van der Waals surface area contributed by atoms with Crippen molar-refractivity contribution in [3.8, 4) is 5.75 Å². The molecule has 0 bridgehead atoms. The number of ether oxygens (including phenoxy) is 1. The number of hydrogen-bond donors (Lipinski definition) is 2. The first kappa shape index (κ1) is 21.0. The lowest BCUT2D eigenvalue weighted by Crippen LogP contribution is -2.44. The molecule has 1 aromatic rings. The van der Waals surface area contributed by atoms with E-state index >= 15 is 0 Å². The Morgan fingerprint density at radius 3 is 2.50 bits per heavy atom. The highest BCUT2D eigenvalue weighted by atomic mass is 127. The lowest BCUT2D eigenvalue weighted by atomic mass is 10.1. The van der Waals surface area contributed by atoms with E-state index in [9.17, 15) is 0 Å². The topological polar surface area (TPSA) is 45.7 Å². The van der Waals surface area contributed by atoms with E-state index < -0.39 is 0 Å². The monoisotopic (exact) mass is 419 g/mol. The predicted octanol–water partition coefficient (Wildman–Crippen LogP) is 3.37. The molecule has 1 atom stereocenters. The van der Waals surface area contributed by atoms with E-state index in [4.69, 9.17) is 4.74 Å². The fraction of sp³-hybridized carbons (Fsp3) is 0.588. The Balaban J connectivity index is 0.00000441. The summed E-state index contributed by atoms with van der Waals surface area (Å²) in [6.07, 6.45) is 0.904. The Bertz CT molecular complexity index is 475. The number of rotatable bonds is 6. The molecule has 1 rings (SSSR count). The molecule has 0 heterocycles. The van der Waals surface area contributed by atoms with E-state index in [0.29, 0.717) is 12.0 Å². The van der Waals surface area contributed by atoms with Crippen LogP contribution < -0.4 is 15.4 Å². The zero-order valence-electron chi connectivity index (χ0n) is 14.6. The van der Waals surface area contributed by atoms with Crippen molar-refractivity contribution >= 4 is 29.9 Å². The molecule has 0 fully saturated rings. The van der Waals surface area contributed by atoms with Gasteiger partial charge in [-0.25, -0.2) is 0 Å². The zero-order chi connectivity index (χ0) is 15.8. The molecule has 0 saturated heterocycles. The molecule has 0 radical (unpaired) electrons. The third-order valence-corrected chi connectivity index (χ3v) is 3.71. The van der Waals surface area contributed by atoms with Gasteiger partial charge in [0, 0.05) is 19.6 Å². The van der Waals surface area contributed by atoms with Gasteiger partial charge >= 0.3 is 0 Å². The summed E-state index contributed by atoms with van der Waals surface area (Å²) in [4.78, 5) is 4.26. The van der Waals surface area contributed by atoms with Gasteiger partial charge in [-0.05, 0) is 37.8 Å². The summed E-state index contributed by atoms with van der Waals surface area (Å²) in [6.45, 7) is 9.48. The number of benzene rings is 1. The third kappa shape index (κ3) is 6.85. The minimum absolute atomic E-state index is 0. The van der Waals surface area contributed by atoms with Gasteiger partial charge in [0.2, 0.25) is 0 Å². The maximum atomic E-state index is 5.41. The lowest BCUT2D eigenvalue weighted by molar-refractivity contribution is 0.409. The molecule has 4 nitrogen and oxygen atoms in total. The van der Waals surface area contributed by atoms with Crippen LogP contribution in [-0.4, -0.2) is 32.7 Å². The van der Waals surface area contributed by atoms with E-state index in [1.165, 1.54) is 11.1 Å². The maximum absolute atomic E-state index is 5.41. The first-order valence-electron chi connectivity index (χ1n) is 7.58. The molecule has 0 saturated carbocycles. The summed E-state index contributed by atoms with van der Waals surface area (Å²) >= 11 is 0. The number of methoxy groups -OCH3 is 1. The number of halogens is 1. The lowest BCUT2D eigenvalue weighted by Gasteiger charge is -2.21. The Kier molecular flexibility index (Phi) is 10.2. The third-order valence-electron chi connectivity index (χ3n) is 3.71. The fourth-order valence-corrected chi connectivity index (χ4v) is 2.00. The maximum Gasteiger partial charge on any atom is 0.191 e. The van der Waals surface area contributed by atoms with Crippen molar-refractivity contribution in [3.05, 3.63) is 29.3 Å². The van der Waals surface area contributed by atoms with Gasteiger partial charge in [-0.15, -0.1) is 24.0 Å². The highest BCUT2D eigenvalue weighted by molar-refractivity contribution is 14.0. The average molecular weight is 419 g/mol. The van der Waals surface area contributed by atoms with Crippen LogP contribution in [0.15, 0.2) is 23.2 Å². The summed E-state index contributed by atoms with van der Waals surface area (Å²) in [6, 6.07) is 6.66. The van der Waals surface area contributed by atoms with Gasteiger partial charge in [-0.3, -0.25) is 4.99 Å². The predicted molar refractivity (Wildman–Crippen MR) is 106 cm³/mol. The molecule has 126 valence electrons. The van der Waals surface area contributed by atoms with Crippen LogP contribution in [0.1, 0.15) is 31.9 Å². The van der Waals surface area contributed by atoms with Crippen molar-refractivity contribution < 1.29 is 4.74 Å². The molecule has 0 spiro atoms. The molecule has 0 aliphatic rings. The Hall–Kier alpha value is -0.980. The summed E-state index contributed by atoms with van der Waals surface area (Å²) < 4.78 is 5.41. The molecule has 22 heavy (non-hydrogen) atoms. The van der Waals surface area contributed by atoms with Crippen molar-refractivity contribution in [1.82, 2.24) is 10.6 Å². The van der Waals surface area contributed by atoms with Crippen molar-refractivity contribution in [3.63, 3.8) is 0 Å². The molecule has 0 aliphatic carbocycles. The van der Waals surface area contributed by atoms with Crippen LogP contribution in [0.5, 0.6) is 5.75 Å². The summed E-state index contributed by atoms with van der Waals surface area (Å²) in [5.41, 5.74) is 2.47. The van der Waals surface area contributed by atoms with Crippen LogP contribution in [0.2, 0.25) is 0 Å². The van der Waals surface area contributed by atoms with E-state index in [1.807, 2.05) is 6.07 Å².